The van der Waals surface area contributed by atoms with E-state index in [1.807, 2.05) is 31.5 Å². The number of nitrogens with zero attached hydrogens (tertiary/aromatic N) is 3. The van der Waals surface area contributed by atoms with Crippen molar-refractivity contribution in [2.24, 2.45) is 7.05 Å². The summed E-state index contributed by atoms with van der Waals surface area (Å²) in [6, 6.07) is 3.92. The van der Waals surface area contributed by atoms with Crippen LogP contribution in [0.25, 0.3) is 6.08 Å². The molecule has 0 N–H and O–H groups in total. The molecule has 1 aromatic rings. The summed E-state index contributed by atoms with van der Waals surface area (Å²) in [6.07, 6.45) is 5.94. The fourth-order valence-electron chi connectivity index (χ4n) is 0.754. The predicted molar refractivity (Wildman–Crippen MR) is 42.5 cm³/mol. The number of hydrogen-bond acceptors (Lipinski definition) is 2. The van der Waals surface area contributed by atoms with Crippen molar-refractivity contribution in [2.45, 2.75) is 6.42 Å². The van der Waals surface area contributed by atoms with Crippen LogP contribution in [0.2, 0.25) is 0 Å². The highest BCUT2D eigenvalue weighted by atomic mass is 15.2. The second-order valence-corrected chi connectivity index (χ2v) is 2.18. The van der Waals surface area contributed by atoms with E-state index >= 15 is 0 Å². The first-order valence-electron chi connectivity index (χ1n) is 3.36. The maximum atomic E-state index is 8.22. The van der Waals surface area contributed by atoms with Gasteiger partial charge in [0.15, 0.2) is 0 Å². The Hall–Kier alpha value is -1.56. The average Bonchev–Trinajstić information content (AvgIpc) is 2.37. The van der Waals surface area contributed by atoms with E-state index in [4.69, 9.17) is 5.26 Å². The molecule has 0 aliphatic rings. The van der Waals surface area contributed by atoms with Gasteiger partial charge in [-0.3, -0.25) is 4.68 Å². The third-order valence-corrected chi connectivity index (χ3v) is 1.23. The number of nitriles is 1. The van der Waals surface area contributed by atoms with Crippen LogP contribution in [0.4, 0.5) is 0 Å². The van der Waals surface area contributed by atoms with Gasteiger partial charge in [0.25, 0.3) is 0 Å². The number of hydrogen-bond donors (Lipinski definition) is 0. The SMILES string of the molecule is Cn1ccc(C=CCC#N)n1. The van der Waals surface area contributed by atoms with E-state index < -0.39 is 0 Å². The van der Waals surface area contributed by atoms with Crippen LogP contribution in [-0.4, -0.2) is 9.78 Å². The van der Waals surface area contributed by atoms with Gasteiger partial charge in [-0.25, -0.2) is 0 Å². The maximum Gasteiger partial charge on any atom is 0.0847 e. The normalized spacial score (nSPS) is 10.2. The minimum atomic E-state index is 0.441. The number of rotatable bonds is 2. The van der Waals surface area contributed by atoms with Crippen molar-refractivity contribution in [2.75, 3.05) is 0 Å². The summed E-state index contributed by atoms with van der Waals surface area (Å²) in [4.78, 5) is 0. The second-order valence-electron chi connectivity index (χ2n) is 2.18. The molecule has 0 fully saturated rings. The van der Waals surface area contributed by atoms with E-state index in [0.29, 0.717) is 6.42 Å². The number of allylic oxidation sites excluding steroid dienone is 1. The Bertz CT molecular complexity index is 291. The zero-order chi connectivity index (χ0) is 8.10. The molecule has 1 rings (SSSR count). The van der Waals surface area contributed by atoms with Crippen LogP contribution < -0.4 is 0 Å². The molecule has 3 heteroatoms. The number of aromatic nitrogens is 2. The first kappa shape index (κ1) is 7.55. The molecule has 1 heterocycles. The van der Waals surface area contributed by atoms with E-state index in [9.17, 15) is 0 Å². The lowest BCUT2D eigenvalue weighted by Crippen LogP contribution is -1.86. The van der Waals surface area contributed by atoms with Crippen LogP contribution in [0.15, 0.2) is 18.3 Å². The summed E-state index contributed by atoms with van der Waals surface area (Å²) >= 11 is 0. The Kier molecular flexibility index (Phi) is 2.45. The molecule has 3 nitrogen and oxygen atoms in total. The van der Waals surface area contributed by atoms with Gasteiger partial charge >= 0.3 is 0 Å². The lowest BCUT2D eigenvalue weighted by Gasteiger charge is -1.82. The quantitative estimate of drug-likeness (QED) is 0.633. The Labute approximate surface area is 65.6 Å². The minimum Gasteiger partial charge on any atom is -0.275 e. The molecule has 0 aliphatic carbocycles. The minimum absolute atomic E-state index is 0.441. The van der Waals surface area contributed by atoms with Gasteiger partial charge in [-0.05, 0) is 12.1 Å². The molecule has 0 unspecified atom stereocenters. The Balaban J connectivity index is 2.58. The summed E-state index contributed by atoms with van der Waals surface area (Å²) in [5, 5.41) is 12.3. The van der Waals surface area contributed by atoms with Crippen LogP contribution >= 0.6 is 0 Å². The molecule has 0 atom stereocenters. The van der Waals surface area contributed by atoms with Crippen LogP contribution in [0.5, 0.6) is 0 Å². The Morgan fingerprint density at radius 3 is 3.18 bits per heavy atom. The van der Waals surface area contributed by atoms with Gasteiger partial charge in [0.05, 0.1) is 18.2 Å². The third-order valence-electron chi connectivity index (χ3n) is 1.23. The van der Waals surface area contributed by atoms with Gasteiger partial charge in [0, 0.05) is 13.2 Å². The fourth-order valence-corrected chi connectivity index (χ4v) is 0.754. The lowest BCUT2D eigenvalue weighted by atomic mass is 10.3. The molecular weight excluding hydrogens is 138 g/mol. The predicted octanol–water partition coefficient (Wildman–Crippen LogP) is 1.35. The molecule has 1 aromatic heterocycles. The second kappa shape index (κ2) is 3.57. The van der Waals surface area contributed by atoms with Crippen molar-refractivity contribution < 1.29 is 0 Å². The van der Waals surface area contributed by atoms with Gasteiger partial charge in [-0.15, -0.1) is 0 Å². The zero-order valence-electron chi connectivity index (χ0n) is 6.36. The fraction of sp³-hybridized carbons (Fsp3) is 0.250. The molecular formula is C8H9N3. The molecule has 0 aliphatic heterocycles. The van der Waals surface area contributed by atoms with Gasteiger partial charge in [-0.2, -0.15) is 10.4 Å². The Morgan fingerprint density at radius 2 is 2.64 bits per heavy atom. The topological polar surface area (TPSA) is 41.6 Å². The van der Waals surface area contributed by atoms with E-state index in [1.54, 1.807) is 10.8 Å². The molecule has 0 amide bonds. The van der Waals surface area contributed by atoms with Crippen LogP contribution in [-0.2, 0) is 7.05 Å². The molecule has 0 saturated carbocycles. The summed E-state index contributed by atoms with van der Waals surface area (Å²) in [6.45, 7) is 0. The van der Waals surface area contributed by atoms with Crippen molar-refractivity contribution in [3.63, 3.8) is 0 Å². The highest BCUT2D eigenvalue weighted by Crippen LogP contribution is 1.97. The smallest absolute Gasteiger partial charge is 0.0847 e. The Morgan fingerprint density at radius 1 is 1.82 bits per heavy atom. The molecule has 0 spiro atoms. The van der Waals surface area contributed by atoms with Crippen molar-refractivity contribution >= 4 is 6.08 Å². The molecule has 56 valence electrons. The first-order chi connectivity index (χ1) is 5.33. The van der Waals surface area contributed by atoms with Crippen LogP contribution in [0.1, 0.15) is 12.1 Å². The van der Waals surface area contributed by atoms with E-state index in [-0.39, 0.29) is 0 Å². The van der Waals surface area contributed by atoms with Gasteiger partial charge in [0.2, 0.25) is 0 Å². The standard InChI is InChI=1S/C8H9N3/c1-11-7-5-8(10-11)4-2-3-6-9/h2,4-5,7H,3H2,1H3. The summed E-state index contributed by atoms with van der Waals surface area (Å²) in [5.74, 6) is 0. The largest absolute Gasteiger partial charge is 0.275 e. The summed E-state index contributed by atoms with van der Waals surface area (Å²) in [5.41, 5.74) is 0.891. The van der Waals surface area contributed by atoms with E-state index in [0.717, 1.165) is 5.69 Å². The van der Waals surface area contributed by atoms with Crippen LogP contribution in [0.3, 0.4) is 0 Å². The molecule has 0 aromatic carbocycles. The molecule has 11 heavy (non-hydrogen) atoms. The van der Waals surface area contributed by atoms with Crippen molar-refractivity contribution in [3.8, 4) is 6.07 Å². The third kappa shape index (κ3) is 2.26. The molecule has 0 saturated heterocycles. The zero-order valence-corrected chi connectivity index (χ0v) is 6.36. The van der Waals surface area contributed by atoms with Crippen LogP contribution in [0, 0.1) is 11.3 Å². The van der Waals surface area contributed by atoms with Gasteiger partial charge in [-0.1, -0.05) is 6.08 Å². The highest BCUT2D eigenvalue weighted by Gasteiger charge is 1.87. The summed E-state index contributed by atoms with van der Waals surface area (Å²) in [7, 11) is 1.86. The van der Waals surface area contributed by atoms with Gasteiger partial charge in [0.1, 0.15) is 0 Å². The van der Waals surface area contributed by atoms with E-state index in [2.05, 4.69) is 5.10 Å². The lowest BCUT2D eigenvalue weighted by molar-refractivity contribution is 0.764. The monoisotopic (exact) mass is 147 g/mol. The molecule has 0 radical (unpaired) electrons. The maximum absolute atomic E-state index is 8.22. The highest BCUT2D eigenvalue weighted by molar-refractivity contribution is 5.43. The van der Waals surface area contributed by atoms with Gasteiger partial charge < -0.3 is 0 Å². The number of aryl methyl sites for hydroxylation is 1. The summed E-state index contributed by atoms with van der Waals surface area (Å²) < 4.78 is 1.73. The van der Waals surface area contributed by atoms with Crippen molar-refractivity contribution in [1.82, 2.24) is 9.78 Å². The first-order valence-corrected chi connectivity index (χ1v) is 3.36. The van der Waals surface area contributed by atoms with Crippen molar-refractivity contribution in [1.29, 1.82) is 5.26 Å². The van der Waals surface area contributed by atoms with E-state index in [1.165, 1.54) is 0 Å². The average molecular weight is 147 g/mol. The molecule has 0 bridgehead atoms. The van der Waals surface area contributed by atoms with Crippen molar-refractivity contribution in [3.05, 3.63) is 24.0 Å².